The topological polar surface area (TPSA) is 46.2 Å². The first-order valence-electron chi connectivity index (χ1n) is 5.65. The van der Waals surface area contributed by atoms with Crippen molar-refractivity contribution in [1.82, 2.24) is 0 Å². The van der Waals surface area contributed by atoms with Crippen LogP contribution in [0.15, 0.2) is 18.2 Å². The lowest BCUT2D eigenvalue weighted by Crippen LogP contribution is -2.13. The van der Waals surface area contributed by atoms with Gasteiger partial charge in [0, 0.05) is 12.3 Å². The second kappa shape index (κ2) is 6.26. The SMILES string of the molecule is CCS(=O)(=O)CCCNc1ccc(C)cc1Cl. The van der Waals surface area contributed by atoms with E-state index in [1.54, 1.807) is 6.92 Å². The number of rotatable bonds is 6. The van der Waals surface area contributed by atoms with Gasteiger partial charge >= 0.3 is 0 Å². The number of sulfone groups is 1. The highest BCUT2D eigenvalue weighted by molar-refractivity contribution is 7.91. The summed E-state index contributed by atoms with van der Waals surface area (Å²) in [5.74, 6) is 0.429. The van der Waals surface area contributed by atoms with Crippen LogP contribution in [0.2, 0.25) is 5.02 Å². The molecule has 0 amide bonds. The van der Waals surface area contributed by atoms with E-state index in [1.807, 2.05) is 25.1 Å². The Morgan fingerprint density at radius 2 is 2.06 bits per heavy atom. The Balaban J connectivity index is 2.41. The number of nitrogens with one attached hydrogen (secondary N) is 1. The first-order valence-corrected chi connectivity index (χ1v) is 7.85. The van der Waals surface area contributed by atoms with Gasteiger partial charge in [0.05, 0.1) is 16.5 Å². The molecule has 0 unspecified atom stereocenters. The van der Waals surface area contributed by atoms with Crippen molar-refractivity contribution in [3.05, 3.63) is 28.8 Å². The summed E-state index contributed by atoms with van der Waals surface area (Å²) in [5, 5.41) is 3.81. The van der Waals surface area contributed by atoms with Crippen molar-refractivity contribution in [3.63, 3.8) is 0 Å². The lowest BCUT2D eigenvalue weighted by atomic mass is 10.2. The summed E-state index contributed by atoms with van der Waals surface area (Å²) in [4.78, 5) is 0. The second-order valence-corrected chi connectivity index (χ2v) is 6.88. The maximum Gasteiger partial charge on any atom is 0.150 e. The van der Waals surface area contributed by atoms with E-state index in [9.17, 15) is 8.42 Å². The average Bonchev–Trinajstić information content (AvgIpc) is 2.27. The van der Waals surface area contributed by atoms with Crippen LogP contribution in [0.25, 0.3) is 0 Å². The molecular formula is C12H18ClNO2S. The summed E-state index contributed by atoms with van der Waals surface area (Å²) >= 11 is 6.04. The summed E-state index contributed by atoms with van der Waals surface area (Å²) in [6.07, 6.45) is 0.598. The third-order valence-electron chi connectivity index (χ3n) is 2.51. The Kier molecular flexibility index (Phi) is 5.28. The van der Waals surface area contributed by atoms with Crippen molar-refractivity contribution in [2.45, 2.75) is 20.3 Å². The quantitative estimate of drug-likeness (QED) is 0.812. The molecule has 0 heterocycles. The molecule has 1 aromatic rings. The molecule has 0 atom stereocenters. The number of hydrogen-bond acceptors (Lipinski definition) is 3. The Bertz CT molecular complexity index is 471. The average molecular weight is 276 g/mol. The fourth-order valence-corrected chi connectivity index (χ4v) is 2.60. The summed E-state index contributed by atoms with van der Waals surface area (Å²) in [6, 6.07) is 5.76. The maximum absolute atomic E-state index is 11.3. The smallest absolute Gasteiger partial charge is 0.150 e. The number of benzene rings is 1. The standard InChI is InChI=1S/C12H18ClNO2S/c1-3-17(15,16)8-4-7-14-12-6-5-10(2)9-11(12)13/h5-6,9,14H,3-4,7-8H2,1-2H3. The maximum atomic E-state index is 11.3. The van der Waals surface area contributed by atoms with Crippen LogP contribution in [-0.4, -0.2) is 26.5 Å². The van der Waals surface area contributed by atoms with Gasteiger partial charge in [-0.1, -0.05) is 24.6 Å². The molecule has 0 bridgehead atoms. The number of anilines is 1. The monoisotopic (exact) mass is 275 g/mol. The molecule has 5 heteroatoms. The van der Waals surface area contributed by atoms with Gasteiger partial charge in [0.25, 0.3) is 0 Å². The van der Waals surface area contributed by atoms with Crippen molar-refractivity contribution in [1.29, 1.82) is 0 Å². The number of aryl methyl sites for hydroxylation is 1. The van der Waals surface area contributed by atoms with Crippen molar-refractivity contribution in [2.24, 2.45) is 0 Å². The van der Waals surface area contributed by atoms with Crippen molar-refractivity contribution in [3.8, 4) is 0 Å². The van der Waals surface area contributed by atoms with Gasteiger partial charge in [-0.15, -0.1) is 0 Å². The van der Waals surface area contributed by atoms with Crippen molar-refractivity contribution >= 4 is 27.1 Å². The molecule has 0 fully saturated rings. The molecule has 17 heavy (non-hydrogen) atoms. The van der Waals surface area contributed by atoms with Crippen molar-refractivity contribution < 1.29 is 8.42 Å². The Hall–Kier alpha value is -0.740. The molecule has 0 aliphatic heterocycles. The van der Waals surface area contributed by atoms with E-state index in [-0.39, 0.29) is 11.5 Å². The largest absolute Gasteiger partial charge is 0.384 e. The molecule has 0 aliphatic rings. The Morgan fingerprint density at radius 3 is 2.65 bits per heavy atom. The van der Waals surface area contributed by atoms with Crippen LogP contribution in [0.3, 0.4) is 0 Å². The first-order chi connectivity index (χ1) is 7.94. The minimum absolute atomic E-state index is 0.207. The molecule has 0 aliphatic carbocycles. The molecule has 0 saturated carbocycles. The van der Waals surface area contributed by atoms with E-state index in [2.05, 4.69) is 5.32 Å². The van der Waals surface area contributed by atoms with Crippen LogP contribution < -0.4 is 5.32 Å². The zero-order valence-corrected chi connectivity index (χ0v) is 11.7. The predicted molar refractivity (Wildman–Crippen MR) is 73.6 cm³/mol. The highest BCUT2D eigenvalue weighted by Gasteiger charge is 2.06. The van der Waals surface area contributed by atoms with Gasteiger partial charge in [0.1, 0.15) is 9.84 Å². The number of halogens is 1. The summed E-state index contributed by atoms with van der Waals surface area (Å²) < 4.78 is 22.5. The molecule has 96 valence electrons. The zero-order chi connectivity index (χ0) is 12.9. The Morgan fingerprint density at radius 1 is 1.35 bits per heavy atom. The van der Waals surface area contributed by atoms with Gasteiger partial charge in [0.15, 0.2) is 0 Å². The fourth-order valence-electron chi connectivity index (χ4n) is 1.42. The Labute approximate surface area is 108 Å². The summed E-state index contributed by atoms with van der Waals surface area (Å²) in [6.45, 7) is 4.26. The predicted octanol–water partition coefficient (Wildman–Crippen LogP) is 2.89. The lowest BCUT2D eigenvalue weighted by molar-refractivity contribution is 0.595. The summed E-state index contributed by atoms with van der Waals surface area (Å²) in [7, 11) is -2.86. The van der Waals surface area contributed by atoms with Crippen molar-refractivity contribution in [2.75, 3.05) is 23.4 Å². The van der Waals surface area contributed by atoms with Crippen LogP contribution in [0, 0.1) is 6.92 Å². The molecule has 0 spiro atoms. The van der Waals surface area contributed by atoms with Crippen LogP contribution >= 0.6 is 11.6 Å². The third kappa shape index (κ3) is 4.96. The van der Waals surface area contributed by atoms with Crippen LogP contribution in [0.1, 0.15) is 18.9 Å². The molecule has 0 aromatic heterocycles. The minimum Gasteiger partial charge on any atom is -0.384 e. The number of hydrogen-bond donors (Lipinski definition) is 1. The van der Waals surface area contributed by atoms with Gasteiger partial charge < -0.3 is 5.32 Å². The van der Waals surface area contributed by atoms with E-state index in [0.717, 1.165) is 11.3 Å². The van der Waals surface area contributed by atoms with E-state index in [0.29, 0.717) is 18.0 Å². The van der Waals surface area contributed by atoms with Gasteiger partial charge in [-0.3, -0.25) is 0 Å². The third-order valence-corrected chi connectivity index (χ3v) is 4.62. The van der Waals surface area contributed by atoms with E-state index in [1.165, 1.54) is 0 Å². The van der Waals surface area contributed by atoms with E-state index >= 15 is 0 Å². The van der Waals surface area contributed by atoms with Gasteiger partial charge in [-0.2, -0.15) is 0 Å². The lowest BCUT2D eigenvalue weighted by Gasteiger charge is -2.08. The molecular weight excluding hydrogens is 258 g/mol. The van der Waals surface area contributed by atoms with Gasteiger partial charge in [-0.25, -0.2) is 8.42 Å². The fraction of sp³-hybridized carbons (Fsp3) is 0.500. The van der Waals surface area contributed by atoms with Crippen LogP contribution in [0.5, 0.6) is 0 Å². The van der Waals surface area contributed by atoms with Gasteiger partial charge in [-0.05, 0) is 31.0 Å². The van der Waals surface area contributed by atoms with E-state index in [4.69, 9.17) is 11.6 Å². The first kappa shape index (κ1) is 14.3. The molecule has 0 saturated heterocycles. The normalized spacial score (nSPS) is 11.5. The molecule has 1 aromatic carbocycles. The molecule has 1 rings (SSSR count). The van der Waals surface area contributed by atoms with E-state index < -0.39 is 9.84 Å². The van der Waals surface area contributed by atoms with Crippen LogP contribution in [-0.2, 0) is 9.84 Å². The van der Waals surface area contributed by atoms with Gasteiger partial charge in [0.2, 0.25) is 0 Å². The molecule has 3 nitrogen and oxygen atoms in total. The summed E-state index contributed by atoms with van der Waals surface area (Å²) in [5.41, 5.74) is 1.96. The highest BCUT2D eigenvalue weighted by atomic mass is 35.5. The minimum atomic E-state index is -2.86. The van der Waals surface area contributed by atoms with Crippen LogP contribution in [0.4, 0.5) is 5.69 Å². The second-order valence-electron chi connectivity index (χ2n) is 4.00. The molecule has 1 N–H and O–H groups in total. The molecule has 0 radical (unpaired) electrons. The highest BCUT2D eigenvalue weighted by Crippen LogP contribution is 2.22. The zero-order valence-electron chi connectivity index (χ0n) is 10.2.